The minimum atomic E-state index is 0.507. The van der Waals surface area contributed by atoms with Gasteiger partial charge in [0.15, 0.2) is 0 Å². The van der Waals surface area contributed by atoms with Crippen LogP contribution in [0.2, 0.25) is 0 Å². The molecule has 2 aromatic heterocycles. The van der Waals surface area contributed by atoms with Gasteiger partial charge in [0.25, 0.3) is 0 Å². The molecule has 0 unspecified atom stereocenters. The quantitative estimate of drug-likeness (QED) is 0.349. The number of H-pyrrole nitrogens is 1. The fraction of sp³-hybridized carbons (Fsp3) is 0.0400. The number of rotatable bonds is 4. The van der Waals surface area contributed by atoms with E-state index < -0.39 is 0 Å². The van der Waals surface area contributed by atoms with E-state index in [2.05, 4.69) is 58.5 Å². The monoisotopic (exact) mass is 409 g/mol. The van der Waals surface area contributed by atoms with E-state index in [4.69, 9.17) is 17.0 Å². The van der Waals surface area contributed by atoms with E-state index in [1.54, 1.807) is 13.3 Å². The van der Waals surface area contributed by atoms with Crippen LogP contribution in [0.3, 0.4) is 0 Å². The lowest BCUT2D eigenvalue weighted by Crippen LogP contribution is -1.94. The molecule has 2 heterocycles. The van der Waals surface area contributed by atoms with Crippen LogP contribution in [0.15, 0.2) is 91.3 Å². The number of hydrogen-bond acceptors (Lipinski definition) is 3. The maximum absolute atomic E-state index is 5.55. The summed E-state index contributed by atoms with van der Waals surface area (Å²) in [6, 6.07) is 26.8. The smallest absolute Gasteiger partial charge is 0.205 e. The molecule has 5 aromatic rings. The molecule has 5 rings (SSSR count). The summed E-state index contributed by atoms with van der Waals surface area (Å²) < 4.78 is 7.97. The second-order valence-corrected chi connectivity index (χ2v) is 7.35. The Morgan fingerprint density at radius 1 is 0.800 bits per heavy atom. The number of aromatic nitrogens is 3. The molecular weight excluding hydrogens is 390 g/mol. The minimum Gasteiger partial charge on any atom is -0.496 e. The van der Waals surface area contributed by atoms with Crippen LogP contribution in [-0.2, 0) is 0 Å². The fourth-order valence-electron chi connectivity index (χ4n) is 3.69. The third kappa shape index (κ3) is 3.19. The van der Waals surface area contributed by atoms with Gasteiger partial charge in [-0.3, -0.25) is 4.40 Å². The number of imidazole rings is 1. The van der Waals surface area contributed by atoms with Gasteiger partial charge in [0.05, 0.1) is 12.8 Å². The molecule has 0 saturated heterocycles. The van der Waals surface area contributed by atoms with Crippen molar-refractivity contribution < 1.29 is 4.74 Å². The predicted octanol–water partition coefficient (Wildman–Crippen LogP) is 6.40. The van der Waals surface area contributed by atoms with E-state index >= 15 is 0 Å². The summed E-state index contributed by atoms with van der Waals surface area (Å²) in [6.45, 7) is 0. The number of hydrogen-bond donors (Lipinski definition) is 1. The second kappa shape index (κ2) is 7.61. The zero-order valence-electron chi connectivity index (χ0n) is 16.4. The molecule has 30 heavy (non-hydrogen) atoms. The summed E-state index contributed by atoms with van der Waals surface area (Å²) in [6.07, 6.45) is 3.80. The molecule has 0 aliphatic rings. The van der Waals surface area contributed by atoms with Crippen LogP contribution in [0, 0.1) is 4.77 Å². The highest BCUT2D eigenvalue weighted by Crippen LogP contribution is 2.33. The minimum absolute atomic E-state index is 0.507. The molecule has 1 N–H and O–H groups in total. The Hall–Kier alpha value is -3.70. The number of benzene rings is 3. The van der Waals surface area contributed by atoms with Gasteiger partial charge in [-0.05, 0) is 35.0 Å². The second-order valence-electron chi connectivity index (χ2n) is 6.98. The summed E-state index contributed by atoms with van der Waals surface area (Å²) in [4.78, 5) is 7.95. The Kier molecular flexibility index (Phi) is 4.65. The Morgan fingerprint density at radius 3 is 2.23 bits per heavy atom. The molecule has 5 heteroatoms. The van der Waals surface area contributed by atoms with E-state index in [9.17, 15) is 0 Å². The van der Waals surface area contributed by atoms with Crippen LogP contribution in [0.1, 0.15) is 0 Å². The molecule has 4 nitrogen and oxygen atoms in total. The molecule has 0 amide bonds. The Labute approximate surface area is 179 Å². The van der Waals surface area contributed by atoms with Crippen molar-refractivity contribution in [1.29, 1.82) is 0 Å². The zero-order valence-corrected chi connectivity index (χ0v) is 17.2. The summed E-state index contributed by atoms with van der Waals surface area (Å²) >= 11 is 5.47. The van der Waals surface area contributed by atoms with Crippen LogP contribution in [0.4, 0.5) is 0 Å². The molecule has 0 saturated carbocycles. The van der Waals surface area contributed by atoms with Gasteiger partial charge >= 0.3 is 0 Å². The number of fused-ring (bicyclic) bond motifs is 1. The summed E-state index contributed by atoms with van der Waals surface area (Å²) in [5.41, 5.74) is 7.24. The van der Waals surface area contributed by atoms with Crippen molar-refractivity contribution >= 4 is 17.9 Å². The van der Waals surface area contributed by atoms with Crippen molar-refractivity contribution in [1.82, 2.24) is 14.4 Å². The molecule has 0 bridgehead atoms. The van der Waals surface area contributed by atoms with Crippen LogP contribution < -0.4 is 4.74 Å². The first-order valence-corrected chi connectivity index (χ1v) is 10.0. The number of nitrogens with one attached hydrogen (secondary N) is 1. The first kappa shape index (κ1) is 18.3. The lowest BCUT2D eigenvalue weighted by molar-refractivity contribution is 0.416. The first-order valence-electron chi connectivity index (χ1n) is 9.64. The normalized spacial score (nSPS) is 11.0. The standard InChI is InChI=1S/C25H19N3OS/c1-29-23-10-6-5-9-20(23)21-15-26-25(30)28-16-22(27-24(21)28)19-13-11-18(12-14-19)17-7-3-2-4-8-17/h2-16,27H,1H3. The Balaban J connectivity index is 1.62. The van der Waals surface area contributed by atoms with Crippen molar-refractivity contribution in [3.63, 3.8) is 0 Å². The van der Waals surface area contributed by atoms with Gasteiger partial charge in [0, 0.05) is 23.5 Å². The third-order valence-electron chi connectivity index (χ3n) is 5.22. The summed E-state index contributed by atoms with van der Waals surface area (Å²) in [5.74, 6) is 0.793. The summed E-state index contributed by atoms with van der Waals surface area (Å²) in [5, 5.41) is 0. The SMILES string of the molecule is COc1ccccc1-c1cnc(=S)n2cc(-c3ccc(-c4ccccc4)cc3)[nH]c12. The molecule has 0 aliphatic heterocycles. The van der Waals surface area contributed by atoms with Crippen LogP contribution in [-0.4, -0.2) is 21.5 Å². The van der Waals surface area contributed by atoms with E-state index in [-0.39, 0.29) is 0 Å². The average Bonchev–Trinajstić information content (AvgIpc) is 3.26. The molecule has 3 aromatic carbocycles. The predicted molar refractivity (Wildman–Crippen MR) is 123 cm³/mol. The molecular formula is C25H19N3OS. The highest BCUT2D eigenvalue weighted by Gasteiger charge is 2.13. The van der Waals surface area contributed by atoms with Gasteiger partial charge in [0.2, 0.25) is 4.77 Å². The van der Waals surface area contributed by atoms with Gasteiger partial charge in [-0.1, -0.05) is 72.8 Å². The van der Waals surface area contributed by atoms with Gasteiger partial charge < -0.3 is 9.72 Å². The summed E-state index contributed by atoms with van der Waals surface area (Å²) in [7, 11) is 1.67. The number of ether oxygens (including phenoxy) is 1. The third-order valence-corrected chi connectivity index (χ3v) is 5.52. The molecule has 0 aliphatic carbocycles. The van der Waals surface area contributed by atoms with Crippen molar-refractivity contribution in [3.05, 3.63) is 96.0 Å². The van der Waals surface area contributed by atoms with E-state index in [1.807, 2.05) is 40.9 Å². The van der Waals surface area contributed by atoms with Gasteiger partial charge in [-0.2, -0.15) is 0 Å². The van der Waals surface area contributed by atoms with Gasteiger partial charge in [-0.25, -0.2) is 4.98 Å². The van der Waals surface area contributed by atoms with Crippen molar-refractivity contribution in [2.45, 2.75) is 0 Å². The fourth-order valence-corrected chi connectivity index (χ4v) is 3.89. The van der Waals surface area contributed by atoms with Crippen LogP contribution >= 0.6 is 12.2 Å². The average molecular weight is 410 g/mol. The van der Waals surface area contributed by atoms with Crippen molar-refractivity contribution in [3.8, 4) is 39.3 Å². The Bertz CT molecular complexity index is 1390. The number of nitrogens with zero attached hydrogens (tertiary/aromatic N) is 2. The number of para-hydroxylation sites is 1. The van der Waals surface area contributed by atoms with Crippen molar-refractivity contribution in [2.75, 3.05) is 7.11 Å². The molecule has 0 radical (unpaired) electrons. The highest BCUT2D eigenvalue weighted by molar-refractivity contribution is 7.71. The molecule has 0 fully saturated rings. The maximum Gasteiger partial charge on any atom is 0.205 e. The highest BCUT2D eigenvalue weighted by atomic mass is 32.1. The largest absolute Gasteiger partial charge is 0.496 e. The van der Waals surface area contributed by atoms with Gasteiger partial charge in [0.1, 0.15) is 11.4 Å². The van der Waals surface area contributed by atoms with Crippen molar-refractivity contribution in [2.24, 2.45) is 0 Å². The molecule has 0 spiro atoms. The van der Waals surface area contributed by atoms with E-state index in [0.29, 0.717) is 4.77 Å². The number of aromatic amines is 1. The molecule has 146 valence electrons. The lowest BCUT2D eigenvalue weighted by Gasteiger charge is -2.09. The van der Waals surface area contributed by atoms with E-state index in [1.165, 1.54) is 11.1 Å². The number of methoxy groups -OCH3 is 1. The van der Waals surface area contributed by atoms with E-state index in [0.717, 1.165) is 33.8 Å². The topological polar surface area (TPSA) is 42.3 Å². The lowest BCUT2D eigenvalue weighted by atomic mass is 10.0. The van der Waals surface area contributed by atoms with Crippen LogP contribution in [0.25, 0.3) is 39.2 Å². The Morgan fingerprint density at radius 2 is 1.47 bits per heavy atom. The van der Waals surface area contributed by atoms with Crippen LogP contribution in [0.5, 0.6) is 5.75 Å². The zero-order chi connectivity index (χ0) is 20.5. The maximum atomic E-state index is 5.55. The van der Waals surface area contributed by atoms with Gasteiger partial charge in [-0.15, -0.1) is 0 Å². The first-order chi connectivity index (χ1) is 14.7. The molecule has 0 atom stereocenters.